The quantitative estimate of drug-likeness (QED) is 0.748. The Morgan fingerprint density at radius 1 is 1.04 bits per heavy atom. The van der Waals surface area contributed by atoms with Crippen molar-refractivity contribution in [1.29, 1.82) is 0 Å². The van der Waals surface area contributed by atoms with E-state index in [1.165, 1.54) is 0 Å². The van der Waals surface area contributed by atoms with Crippen LogP contribution in [-0.4, -0.2) is 21.0 Å². The molecule has 3 N–H and O–H groups in total. The van der Waals surface area contributed by atoms with E-state index in [9.17, 15) is 8.42 Å². The number of hydrogen-bond acceptors (Lipinski definition) is 3. The largest absolute Gasteiger partial charge is 0.330 e. The van der Waals surface area contributed by atoms with Gasteiger partial charge in [-0.05, 0) is 61.3 Å². The first-order chi connectivity index (χ1) is 11.0. The molecule has 0 saturated heterocycles. The summed E-state index contributed by atoms with van der Waals surface area (Å²) in [6, 6.07) is 7.05. The third-order valence-electron chi connectivity index (χ3n) is 4.60. The van der Waals surface area contributed by atoms with Crippen molar-refractivity contribution in [2.75, 3.05) is 6.54 Å². The zero-order valence-corrected chi connectivity index (χ0v) is 16.8. The number of nitrogens with two attached hydrogens (primary N) is 1. The van der Waals surface area contributed by atoms with Crippen molar-refractivity contribution in [3.05, 3.63) is 29.8 Å². The fraction of sp³-hybridized carbons (Fsp3) is 0.684. The van der Waals surface area contributed by atoms with Gasteiger partial charge in [-0.3, -0.25) is 0 Å². The van der Waals surface area contributed by atoms with Gasteiger partial charge in [0.25, 0.3) is 0 Å². The van der Waals surface area contributed by atoms with Crippen molar-refractivity contribution in [2.45, 2.75) is 70.7 Å². The lowest BCUT2D eigenvalue weighted by Crippen LogP contribution is -2.33. The maximum Gasteiger partial charge on any atom is 0.240 e. The number of benzene rings is 1. The highest BCUT2D eigenvalue weighted by Crippen LogP contribution is 2.23. The summed E-state index contributed by atoms with van der Waals surface area (Å²) in [5.41, 5.74) is 6.92. The van der Waals surface area contributed by atoms with Crippen LogP contribution in [0.1, 0.15) is 59.9 Å². The lowest BCUT2D eigenvalue weighted by Gasteiger charge is -2.22. The molecule has 24 heavy (non-hydrogen) atoms. The molecule has 0 saturated carbocycles. The van der Waals surface area contributed by atoms with Crippen LogP contribution in [0.25, 0.3) is 0 Å². The van der Waals surface area contributed by atoms with E-state index in [1.54, 1.807) is 12.1 Å². The standard InChI is InChI=1S/C19H34N2O2S/c1-14(2)16(13-20)8-7-15(3)21-24(22,23)18-11-9-17(10-12-18)19(4,5)6/h9-12,14-16,21H,7-8,13,20H2,1-6H3/t15-,16-/m1/s1. The molecule has 0 aromatic heterocycles. The van der Waals surface area contributed by atoms with Crippen LogP contribution in [0.2, 0.25) is 0 Å². The molecule has 0 aliphatic heterocycles. The topological polar surface area (TPSA) is 72.2 Å². The smallest absolute Gasteiger partial charge is 0.240 e. The van der Waals surface area contributed by atoms with Crippen molar-refractivity contribution in [1.82, 2.24) is 4.72 Å². The van der Waals surface area contributed by atoms with E-state index >= 15 is 0 Å². The summed E-state index contributed by atoms with van der Waals surface area (Å²) in [4.78, 5) is 0.321. The highest BCUT2D eigenvalue weighted by molar-refractivity contribution is 7.89. The van der Waals surface area contributed by atoms with Crippen LogP contribution in [-0.2, 0) is 15.4 Å². The van der Waals surface area contributed by atoms with Gasteiger partial charge in [-0.25, -0.2) is 13.1 Å². The summed E-state index contributed by atoms with van der Waals surface area (Å²) in [6.07, 6.45) is 1.72. The van der Waals surface area contributed by atoms with Gasteiger partial charge in [0.2, 0.25) is 10.0 Å². The van der Waals surface area contributed by atoms with Gasteiger partial charge in [-0.15, -0.1) is 0 Å². The second-order valence-corrected chi connectivity index (χ2v) is 9.83. The van der Waals surface area contributed by atoms with E-state index in [-0.39, 0.29) is 11.5 Å². The molecule has 0 heterocycles. The van der Waals surface area contributed by atoms with Gasteiger partial charge < -0.3 is 5.73 Å². The Morgan fingerprint density at radius 2 is 1.58 bits per heavy atom. The minimum absolute atomic E-state index is 0.0110. The molecule has 0 aliphatic carbocycles. The van der Waals surface area contributed by atoms with E-state index in [0.29, 0.717) is 23.3 Å². The Balaban J connectivity index is 2.72. The first kappa shape index (κ1) is 21.1. The maximum absolute atomic E-state index is 12.5. The summed E-state index contributed by atoms with van der Waals surface area (Å²) in [5, 5.41) is 0. The first-order valence-electron chi connectivity index (χ1n) is 8.80. The average molecular weight is 355 g/mol. The fourth-order valence-electron chi connectivity index (χ4n) is 2.71. The Labute approximate surface area is 148 Å². The number of nitrogens with one attached hydrogen (secondary N) is 1. The number of hydrogen-bond donors (Lipinski definition) is 2. The third kappa shape index (κ3) is 6.19. The predicted molar refractivity (Wildman–Crippen MR) is 102 cm³/mol. The fourth-order valence-corrected chi connectivity index (χ4v) is 3.99. The van der Waals surface area contributed by atoms with Crippen LogP contribution in [0.3, 0.4) is 0 Å². The summed E-state index contributed by atoms with van der Waals surface area (Å²) >= 11 is 0. The van der Waals surface area contributed by atoms with E-state index in [0.717, 1.165) is 18.4 Å². The Hall–Kier alpha value is -0.910. The lowest BCUT2D eigenvalue weighted by atomic mass is 9.87. The summed E-state index contributed by atoms with van der Waals surface area (Å²) in [7, 11) is -3.48. The van der Waals surface area contributed by atoms with Gasteiger partial charge in [0.1, 0.15) is 0 Å². The SMILES string of the molecule is CC(C)[C@@H](CN)CC[C@@H](C)NS(=O)(=O)c1ccc(C(C)(C)C)cc1. The molecular weight excluding hydrogens is 320 g/mol. The molecule has 138 valence electrons. The van der Waals surface area contributed by atoms with E-state index in [4.69, 9.17) is 5.73 Å². The number of rotatable bonds is 8. The zero-order chi connectivity index (χ0) is 18.5. The van der Waals surface area contributed by atoms with E-state index in [2.05, 4.69) is 39.3 Å². The van der Waals surface area contributed by atoms with E-state index in [1.807, 2.05) is 19.1 Å². The maximum atomic E-state index is 12.5. The third-order valence-corrected chi connectivity index (χ3v) is 6.21. The van der Waals surface area contributed by atoms with Crippen LogP contribution >= 0.6 is 0 Å². The lowest BCUT2D eigenvalue weighted by molar-refractivity contribution is 0.346. The molecule has 1 rings (SSSR count). The summed E-state index contributed by atoms with van der Waals surface area (Å²) in [5.74, 6) is 0.951. The Morgan fingerprint density at radius 3 is 2.00 bits per heavy atom. The molecule has 2 atom stereocenters. The van der Waals surface area contributed by atoms with Crippen molar-refractivity contribution < 1.29 is 8.42 Å². The van der Waals surface area contributed by atoms with Gasteiger partial charge in [0.05, 0.1) is 4.90 Å². The van der Waals surface area contributed by atoms with Crippen LogP contribution in [0.5, 0.6) is 0 Å². The molecule has 1 aromatic carbocycles. The summed E-state index contributed by atoms with van der Waals surface area (Å²) in [6.45, 7) is 13.2. The second kappa shape index (κ2) is 8.45. The van der Waals surface area contributed by atoms with Gasteiger partial charge in [-0.1, -0.05) is 46.8 Å². The minimum Gasteiger partial charge on any atom is -0.330 e. The minimum atomic E-state index is -3.48. The molecule has 0 aliphatic rings. The monoisotopic (exact) mass is 354 g/mol. The highest BCUT2D eigenvalue weighted by Gasteiger charge is 2.20. The van der Waals surface area contributed by atoms with Gasteiger partial charge in [0, 0.05) is 6.04 Å². The molecule has 0 radical (unpaired) electrons. The Bertz CT molecular complexity index is 601. The molecule has 4 nitrogen and oxygen atoms in total. The molecule has 0 unspecified atom stereocenters. The number of sulfonamides is 1. The summed E-state index contributed by atoms with van der Waals surface area (Å²) < 4.78 is 27.8. The van der Waals surface area contributed by atoms with Gasteiger partial charge in [-0.2, -0.15) is 0 Å². The van der Waals surface area contributed by atoms with E-state index < -0.39 is 10.0 Å². The molecule has 1 aromatic rings. The molecule has 0 amide bonds. The average Bonchev–Trinajstić information content (AvgIpc) is 2.46. The second-order valence-electron chi connectivity index (χ2n) is 8.11. The van der Waals surface area contributed by atoms with Crippen molar-refractivity contribution in [3.63, 3.8) is 0 Å². The highest BCUT2D eigenvalue weighted by atomic mass is 32.2. The van der Waals surface area contributed by atoms with Crippen LogP contribution in [0, 0.1) is 11.8 Å². The Kier molecular flexibility index (Phi) is 7.44. The first-order valence-corrected chi connectivity index (χ1v) is 10.3. The molecule has 0 spiro atoms. The molecule has 0 bridgehead atoms. The zero-order valence-electron chi connectivity index (χ0n) is 16.0. The molecule has 5 heteroatoms. The predicted octanol–water partition coefficient (Wildman–Crippen LogP) is 3.66. The van der Waals surface area contributed by atoms with Crippen molar-refractivity contribution >= 4 is 10.0 Å². The van der Waals surface area contributed by atoms with Gasteiger partial charge in [0.15, 0.2) is 0 Å². The van der Waals surface area contributed by atoms with Crippen LogP contribution in [0.4, 0.5) is 0 Å². The normalized spacial score (nSPS) is 15.5. The van der Waals surface area contributed by atoms with Crippen molar-refractivity contribution in [2.24, 2.45) is 17.6 Å². The van der Waals surface area contributed by atoms with Crippen molar-refractivity contribution in [3.8, 4) is 0 Å². The van der Waals surface area contributed by atoms with Crippen LogP contribution < -0.4 is 10.5 Å². The molecular formula is C19H34N2O2S. The van der Waals surface area contributed by atoms with Gasteiger partial charge >= 0.3 is 0 Å². The van der Waals surface area contributed by atoms with Crippen LogP contribution in [0.15, 0.2) is 29.2 Å². The molecule has 0 fully saturated rings.